The minimum absolute atomic E-state index is 0.342. The molecule has 0 aromatic heterocycles. The Morgan fingerprint density at radius 2 is 2.00 bits per heavy atom. The summed E-state index contributed by atoms with van der Waals surface area (Å²) < 4.78 is 0. The van der Waals surface area contributed by atoms with E-state index in [0.29, 0.717) is 5.41 Å². The van der Waals surface area contributed by atoms with E-state index in [1.807, 2.05) is 0 Å². The number of hydrogen-bond acceptors (Lipinski definition) is 1. The molecule has 1 aliphatic carbocycles. The van der Waals surface area contributed by atoms with Crippen molar-refractivity contribution in [2.45, 2.75) is 26.2 Å². The molecule has 2 N–H and O–H groups in total. The van der Waals surface area contributed by atoms with Crippen molar-refractivity contribution in [3.05, 3.63) is 35.4 Å². The summed E-state index contributed by atoms with van der Waals surface area (Å²) in [5, 5.41) is 0. The number of fused-ring (bicyclic) bond motifs is 1. The molecule has 0 heterocycles. The molecule has 1 unspecified atom stereocenters. The van der Waals surface area contributed by atoms with Crippen LogP contribution in [0.4, 0.5) is 0 Å². The topological polar surface area (TPSA) is 26.0 Å². The molecular weight excluding hydrogens is 158 g/mol. The van der Waals surface area contributed by atoms with Crippen LogP contribution in [0, 0.1) is 5.41 Å². The van der Waals surface area contributed by atoms with E-state index in [9.17, 15) is 0 Å². The van der Waals surface area contributed by atoms with Crippen LogP contribution in [-0.4, -0.2) is 6.54 Å². The predicted molar refractivity (Wildman–Crippen MR) is 55.6 cm³/mol. The van der Waals surface area contributed by atoms with Gasteiger partial charge in [-0.15, -0.1) is 0 Å². The van der Waals surface area contributed by atoms with Gasteiger partial charge >= 0.3 is 0 Å². The van der Waals surface area contributed by atoms with Gasteiger partial charge in [-0.05, 0) is 42.3 Å². The van der Waals surface area contributed by atoms with Crippen LogP contribution in [0.1, 0.15) is 24.5 Å². The molecule has 1 heteroatoms. The number of nitrogens with two attached hydrogens (primary N) is 1. The highest BCUT2D eigenvalue weighted by Gasteiger charge is 2.27. The SMILES string of the molecule is CC1(CN)CCc2ccccc2C1. The molecule has 0 saturated heterocycles. The smallest absolute Gasteiger partial charge is 0.00199 e. The zero-order chi connectivity index (χ0) is 9.31. The molecule has 0 amide bonds. The highest BCUT2D eigenvalue weighted by atomic mass is 14.6. The van der Waals surface area contributed by atoms with Gasteiger partial charge < -0.3 is 5.73 Å². The molecule has 0 bridgehead atoms. The van der Waals surface area contributed by atoms with Crippen LogP contribution in [0.2, 0.25) is 0 Å². The Bertz CT molecular complexity index is 306. The van der Waals surface area contributed by atoms with Gasteiger partial charge in [-0.1, -0.05) is 31.2 Å². The van der Waals surface area contributed by atoms with Crippen molar-refractivity contribution < 1.29 is 0 Å². The number of hydrogen-bond donors (Lipinski definition) is 1. The quantitative estimate of drug-likeness (QED) is 0.695. The fourth-order valence-corrected chi connectivity index (χ4v) is 2.13. The maximum Gasteiger partial charge on any atom is -0.00199 e. The molecule has 0 saturated carbocycles. The van der Waals surface area contributed by atoms with Crippen molar-refractivity contribution in [3.8, 4) is 0 Å². The molecule has 0 aliphatic heterocycles. The normalized spacial score (nSPS) is 26.9. The van der Waals surface area contributed by atoms with Crippen molar-refractivity contribution in [2.24, 2.45) is 11.1 Å². The third kappa shape index (κ3) is 1.61. The minimum atomic E-state index is 0.342. The Morgan fingerprint density at radius 1 is 1.31 bits per heavy atom. The molecule has 1 aromatic rings. The standard InChI is InChI=1S/C12H17N/c1-12(9-13)7-6-10-4-2-3-5-11(10)8-12/h2-5H,6-9,13H2,1H3. The van der Waals surface area contributed by atoms with E-state index < -0.39 is 0 Å². The molecule has 1 nitrogen and oxygen atoms in total. The Morgan fingerprint density at radius 3 is 2.69 bits per heavy atom. The Hall–Kier alpha value is -0.820. The van der Waals surface area contributed by atoms with Crippen molar-refractivity contribution in [3.63, 3.8) is 0 Å². The first-order valence-electron chi connectivity index (χ1n) is 5.00. The molecule has 70 valence electrons. The zero-order valence-electron chi connectivity index (χ0n) is 8.22. The van der Waals surface area contributed by atoms with Gasteiger partial charge in [0.05, 0.1) is 0 Å². The monoisotopic (exact) mass is 175 g/mol. The number of rotatable bonds is 1. The minimum Gasteiger partial charge on any atom is -0.330 e. The second-order valence-corrected chi connectivity index (χ2v) is 4.46. The lowest BCUT2D eigenvalue weighted by Gasteiger charge is -2.33. The second kappa shape index (κ2) is 3.15. The maximum absolute atomic E-state index is 5.79. The molecule has 1 atom stereocenters. The molecule has 0 fully saturated rings. The third-order valence-corrected chi connectivity index (χ3v) is 3.23. The average molecular weight is 175 g/mol. The van der Waals surface area contributed by atoms with E-state index in [2.05, 4.69) is 31.2 Å². The van der Waals surface area contributed by atoms with E-state index in [4.69, 9.17) is 5.73 Å². The molecular formula is C12H17N. The van der Waals surface area contributed by atoms with Crippen LogP contribution >= 0.6 is 0 Å². The summed E-state index contributed by atoms with van der Waals surface area (Å²) >= 11 is 0. The van der Waals surface area contributed by atoms with Crippen molar-refractivity contribution in [2.75, 3.05) is 6.54 Å². The zero-order valence-corrected chi connectivity index (χ0v) is 8.22. The first kappa shape index (κ1) is 8.76. The molecule has 13 heavy (non-hydrogen) atoms. The van der Waals surface area contributed by atoms with E-state index >= 15 is 0 Å². The average Bonchev–Trinajstić information content (AvgIpc) is 2.18. The maximum atomic E-state index is 5.79. The highest BCUT2D eigenvalue weighted by molar-refractivity contribution is 5.30. The number of benzene rings is 1. The molecule has 1 aromatic carbocycles. The Balaban J connectivity index is 2.29. The summed E-state index contributed by atoms with van der Waals surface area (Å²) in [6.45, 7) is 3.10. The van der Waals surface area contributed by atoms with Gasteiger partial charge in [-0.2, -0.15) is 0 Å². The Kier molecular flexibility index (Phi) is 2.12. The second-order valence-electron chi connectivity index (χ2n) is 4.46. The first-order valence-corrected chi connectivity index (χ1v) is 5.00. The van der Waals surface area contributed by atoms with Gasteiger partial charge in [-0.25, -0.2) is 0 Å². The molecule has 0 spiro atoms. The fourth-order valence-electron chi connectivity index (χ4n) is 2.13. The van der Waals surface area contributed by atoms with E-state index in [1.54, 1.807) is 0 Å². The van der Waals surface area contributed by atoms with E-state index in [-0.39, 0.29) is 0 Å². The van der Waals surface area contributed by atoms with Crippen molar-refractivity contribution in [1.29, 1.82) is 0 Å². The van der Waals surface area contributed by atoms with Gasteiger partial charge in [0.15, 0.2) is 0 Å². The van der Waals surface area contributed by atoms with Crippen molar-refractivity contribution >= 4 is 0 Å². The number of aryl methyl sites for hydroxylation is 1. The van der Waals surface area contributed by atoms with Crippen LogP contribution < -0.4 is 5.73 Å². The highest BCUT2D eigenvalue weighted by Crippen LogP contribution is 2.33. The van der Waals surface area contributed by atoms with Crippen LogP contribution in [0.15, 0.2) is 24.3 Å². The summed E-state index contributed by atoms with van der Waals surface area (Å²) in [5.41, 5.74) is 9.16. The summed E-state index contributed by atoms with van der Waals surface area (Å²) in [5.74, 6) is 0. The largest absolute Gasteiger partial charge is 0.330 e. The van der Waals surface area contributed by atoms with Crippen molar-refractivity contribution in [1.82, 2.24) is 0 Å². The lowest BCUT2D eigenvalue weighted by Crippen LogP contribution is -2.33. The van der Waals surface area contributed by atoms with Gasteiger partial charge in [0.2, 0.25) is 0 Å². The van der Waals surface area contributed by atoms with Gasteiger partial charge in [0, 0.05) is 0 Å². The van der Waals surface area contributed by atoms with E-state index in [0.717, 1.165) is 13.0 Å². The van der Waals surface area contributed by atoms with Crippen LogP contribution in [0.25, 0.3) is 0 Å². The summed E-state index contributed by atoms with van der Waals surface area (Å²) in [7, 11) is 0. The first-order chi connectivity index (χ1) is 6.23. The molecule has 2 rings (SSSR count). The van der Waals surface area contributed by atoms with Crippen LogP contribution in [0.5, 0.6) is 0 Å². The predicted octanol–water partition coefficient (Wildman–Crippen LogP) is 2.14. The summed E-state index contributed by atoms with van der Waals surface area (Å²) in [4.78, 5) is 0. The van der Waals surface area contributed by atoms with E-state index in [1.165, 1.54) is 24.0 Å². The Labute approximate surface area is 80.0 Å². The third-order valence-electron chi connectivity index (χ3n) is 3.23. The molecule has 0 radical (unpaired) electrons. The lowest BCUT2D eigenvalue weighted by atomic mass is 9.73. The van der Waals surface area contributed by atoms with Gasteiger partial charge in [0.1, 0.15) is 0 Å². The summed E-state index contributed by atoms with van der Waals surface area (Å²) in [6, 6.07) is 8.73. The fraction of sp³-hybridized carbons (Fsp3) is 0.500. The molecule has 1 aliphatic rings. The van der Waals surface area contributed by atoms with Gasteiger partial charge in [0.25, 0.3) is 0 Å². The summed E-state index contributed by atoms with van der Waals surface area (Å²) in [6.07, 6.45) is 3.59. The van der Waals surface area contributed by atoms with Gasteiger partial charge in [-0.3, -0.25) is 0 Å². The van der Waals surface area contributed by atoms with Crippen LogP contribution in [0.3, 0.4) is 0 Å². The van der Waals surface area contributed by atoms with Crippen LogP contribution in [-0.2, 0) is 12.8 Å². The lowest BCUT2D eigenvalue weighted by molar-refractivity contribution is 0.290.